The van der Waals surface area contributed by atoms with Gasteiger partial charge in [0.2, 0.25) is 11.7 Å². The Morgan fingerprint density at radius 2 is 2.17 bits per heavy atom. The molecule has 2 unspecified atom stereocenters. The van der Waals surface area contributed by atoms with Gasteiger partial charge in [-0.15, -0.1) is 0 Å². The second-order valence-corrected chi connectivity index (χ2v) is 6.16. The standard InChI is InChI=1S/C18H17N5O/c1-18-10-15(14-7-2-3-8-16(14)24-18)23(17(22-18)21-12-19)11-13-6-4-5-9-20-13/h2-9,15H,10-11H2,1H3,(H,21,22). The number of benzene rings is 1. The smallest absolute Gasteiger partial charge is 0.211 e. The van der Waals surface area contributed by atoms with Crippen molar-refractivity contribution >= 4 is 5.96 Å². The van der Waals surface area contributed by atoms with Crippen molar-refractivity contribution in [2.24, 2.45) is 4.99 Å². The molecule has 2 aromatic rings. The summed E-state index contributed by atoms with van der Waals surface area (Å²) in [5.74, 6) is 1.37. The molecule has 1 aromatic carbocycles. The number of pyridine rings is 1. The van der Waals surface area contributed by atoms with E-state index in [4.69, 9.17) is 10.00 Å². The molecule has 0 fully saturated rings. The van der Waals surface area contributed by atoms with Crippen LogP contribution in [0.2, 0.25) is 0 Å². The third-order valence-electron chi connectivity index (χ3n) is 4.40. The highest BCUT2D eigenvalue weighted by atomic mass is 16.5. The number of nitriles is 1. The van der Waals surface area contributed by atoms with Gasteiger partial charge < -0.3 is 9.64 Å². The molecule has 4 rings (SSSR count). The fraction of sp³-hybridized carbons (Fsp3) is 0.278. The normalized spacial score (nSPS) is 24.2. The first kappa shape index (κ1) is 14.5. The van der Waals surface area contributed by atoms with Crippen molar-refractivity contribution in [3.63, 3.8) is 0 Å². The van der Waals surface area contributed by atoms with Gasteiger partial charge >= 0.3 is 0 Å². The molecule has 120 valence electrons. The molecule has 6 nitrogen and oxygen atoms in total. The number of guanidine groups is 1. The molecule has 0 saturated carbocycles. The molecule has 0 radical (unpaired) electrons. The van der Waals surface area contributed by atoms with Crippen molar-refractivity contribution in [1.82, 2.24) is 15.2 Å². The van der Waals surface area contributed by atoms with Gasteiger partial charge in [-0.25, -0.2) is 4.99 Å². The van der Waals surface area contributed by atoms with E-state index in [-0.39, 0.29) is 6.04 Å². The lowest BCUT2D eigenvalue weighted by Gasteiger charge is -2.47. The van der Waals surface area contributed by atoms with Gasteiger partial charge in [0, 0.05) is 18.2 Å². The summed E-state index contributed by atoms with van der Waals surface area (Å²) in [5.41, 5.74) is 1.37. The Kier molecular flexibility index (Phi) is 3.35. The van der Waals surface area contributed by atoms with Gasteiger partial charge in [0.1, 0.15) is 5.75 Å². The highest BCUT2D eigenvalue weighted by Crippen LogP contribution is 2.46. The zero-order chi connectivity index (χ0) is 16.6. The second-order valence-electron chi connectivity index (χ2n) is 6.16. The van der Waals surface area contributed by atoms with E-state index in [9.17, 15) is 0 Å². The second kappa shape index (κ2) is 5.53. The maximum Gasteiger partial charge on any atom is 0.211 e. The minimum absolute atomic E-state index is 0.0790. The minimum atomic E-state index is -0.668. The van der Waals surface area contributed by atoms with Crippen LogP contribution in [0.1, 0.15) is 30.6 Å². The average molecular weight is 319 g/mol. The highest BCUT2D eigenvalue weighted by molar-refractivity contribution is 5.83. The van der Waals surface area contributed by atoms with Gasteiger partial charge in [-0.1, -0.05) is 24.3 Å². The first-order chi connectivity index (χ1) is 11.7. The molecule has 2 aliphatic rings. The lowest BCUT2D eigenvalue weighted by atomic mass is 9.91. The van der Waals surface area contributed by atoms with Crippen LogP contribution in [0.4, 0.5) is 0 Å². The van der Waals surface area contributed by atoms with E-state index >= 15 is 0 Å². The Labute approximate surface area is 140 Å². The van der Waals surface area contributed by atoms with Crippen molar-refractivity contribution < 1.29 is 4.74 Å². The summed E-state index contributed by atoms with van der Waals surface area (Å²) >= 11 is 0. The summed E-state index contributed by atoms with van der Waals surface area (Å²) in [4.78, 5) is 11.2. The number of nitrogens with one attached hydrogen (secondary N) is 1. The molecule has 6 heteroatoms. The fourth-order valence-electron chi connectivity index (χ4n) is 3.38. The number of fused-ring (bicyclic) bond motifs is 4. The Hall–Kier alpha value is -3.07. The number of ether oxygens (including phenoxy) is 1. The molecule has 3 heterocycles. The summed E-state index contributed by atoms with van der Waals surface area (Å²) < 4.78 is 6.09. The van der Waals surface area contributed by atoms with Crippen molar-refractivity contribution in [3.8, 4) is 11.9 Å². The van der Waals surface area contributed by atoms with Crippen LogP contribution in [-0.2, 0) is 6.54 Å². The Morgan fingerprint density at radius 1 is 1.33 bits per heavy atom. The van der Waals surface area contributed by atoms with Crippen LogP contribution >= 0.6 is 0 Å². The molecule has 1 N–H and O–H groups in total. The summed E-state index contributed by atoms with van der Waals surface area (Å²) in [5, 5.41) is 11.8. The highest BCUT2D eigenvalue weighted by Gasteiger charge is 2.45. The molecule has 2 bridgehead atoms. The first-order valence-corrected chi connectivity index (χ1v) is 7.88. The van der Waals surface area contributed by atoms with Gasteiger partial charge in [0.05, 0.1) is 18.3 Å². The monoisotopic (exact) mass is 319 g/mol. The predicted molar refractivity (Wildman–Crippen MR) is 88.8 cm³/mol. The molecule has 0 aliphatic carbocycles. The van der Waals surface area contributed by atoms with Crippen LogP contribution in [0, 0.1) is 11.5 Å². The van der Waals surface area contributed by atoms with Crippen LogP contribution in [0.15, 0.2) is 53.7 Å². The maximum absolute atomic E-state index is 9.12. The topological polar surface area (TPSA) is 73.5 Å². The Bertz CT molecular complexity index is 829. The first-order valence-electron chi connectivity index (χ1n) is 7.88. The van der Waals surface area contributed by atoms with Crippen LogP contribution in [0.3, 0.4) is 0 Å². The van der Waals surface area contributed by atoms with Crippen LogP contribution in [0.25, 0.3) is 0 Å². The quantitative estimate of drug-likeness (QED) is 0.680. The molecule has 0 saturated heterocycles. The zero-order valence-electron chi connectivity index (χ0n) is 13.3. The van der Waals surface area contributed by atoms with E-state index in [2.05, 4.69) is 26.3 Å². The van der Waals surface area contributed by atoms with Crippen molar-refractivity contribution in [3.05, 3.63) is 59.9 Å². The predicted octanol–water partition coefficient (Wildman–Crippen LogP) is 2.56. The van der Waals surface area contributed by atoms with Crippen LogP contribution in [0.5, 0.6) is 5.75 Å². The van der Waals surface area contributed by atoms with Crippen molar-refractivity contribution in [2.75, 3.05) is 0 Å². The summed E-state index contributed by atoms with van der Waals surface area (Å²) in [7, 11) is 0. The summed E-state index contributed by atoms with van der Waals surface area (Å²) in [6, 6.07) is 13.9. The molecule has 0 spiro atoms. The fourth-order valence-corrected chi connectivity index (χ4v) is 3.38. The van der Waals surface area contributed by atoms with Gasteiger partial charge in [0.15, 0.2) is 6.19 Å². The minimum Gasteiger partial charge on any atom is -0.466 e. The number of aliphatic imine (C=N–C) groups is 1. The molecule has 2 atom stereocenters. The van der Waals surface area contributed by atoms with E-state index in [1.165, 1.54) is 0 Å². The number of nitrogens with zero attached hydrogens (tertiary/aromatic N) is 4. The molecule has 0 amide bonds. The van der Waals surface area contributed by atoms with Crippen LogP contribution < -0.4 is 10.1 Å². The lowest BCUT2D eigenvalue weighted by Crippen LogP contribution is -2.53. The SMILES string of the molecule is CC12CC(c3ccccc3O1)N(Cc1ccccn1)C(NC#N)=N2. The third-order valence-corrected chi connectivity index (χ3v) is 4.40. The zero-order valence-corrected chi connectivity index (χ0v) is 13.3. The number of hydrogen-bond acceptors (Lipinski definition) is 6. The van der Waals surface area contributed by atoms with Gasteiger partial charge in [-0.05, 0) is 25.1 Å². The van der Waals surface area contributed by atoms with E-state index < -0.39 is 5.72 Å². The molecular weight excluding hydrogens is 302 g/mol. The average Bonchev–Trinajstić information content (AvgIpc) is 2.59. The van der Waals surface area contributed by atoms with E-state index in [0.717, 1.165) is 23.4 Å². The van der Waals surface area contributed by atoms with E-state index in [0.29, 0.717) is 12.5 Å². The molecule has 2 aliphatic heterocycles. The Balaban J connectivity index is 1.78. The van der Waals surface area contributed by atoms with Crippen molar-refractivity contribution in [2.45, 2.75) is 31.7 Å². The van der Waals surface area contributed by atoms with Gasteiger partial charge in [-0.2, -0.15) is 5.26 Å². The third kappa shape index (κ3) is 2.44. The molecule has 24 heavy (non-hydrogen) atoms. The van der Waals surface area contributed by atoms with Crippen LogP contribution in [-0.4, -0.2) is 21.6 Å². The largest absolute Gasteiger partial charge is 0.466 e. The Morgan fingerprint density at radius 3 is 2.96 bits per heavy atom. The molecule has 1 aromatic heterocycles. The lowest BCUT2D eigenvalue weighted by molar-refractivity contribution is 0.0195. The summed E-state index contributed by atoms with van der Waals surface area (Å²) in [6.45, 7) is 2.52. The molecular formula is C18H17N5O. The van der Waals surface area contributed by atoms with E-state index in [1.807, 2.05) is 49.5 Å². The van der Waals surface area contributed by atoms with Crippen molar-refractivity contribution in [1.29, 1.82) is 5.26 Å². The maximum atomic E-state index is 9.12. The number of aromatic nitrogens is 1. The van der Waals surface area contributed by atoms with Gasteiger partial charge in [-0.3, -0.25) is 10.3 Å². The van der Waals surface area contributed by atoms with Gasteiger partial charge in [0.25, 0.3) is 0 Å². The van der Waals surface area contributed by atoms with E-state index in [1.54, 1.807) is 6.20 Å². The summed E-state index contributed by atoms with van der Waals surface area (Å²) in [6.07, 6.45) is 4.49. The number of rotatable bonds is 2. The number of para-hydroxylation sites is 1. The number of hydrogen-bond donors (Lipinski definition) is 1.